The molecule has 0 atom stereocenters. The van der Waals surface area contributed by atoms with Crippen LogP contribution in [0.1, 0.15) is 10.4 Å². The summed E-state index contributed by atoms with van der Waals surface area (Å²) < 4.78 is 0. The topological polar surface area (TPSA) is 82.0 Å². The molecule has 0 unspecified atom stereocenters. The molecule has 100 valence electrons. The molecule has 3 rings (SSSR count). The number of primary amides is 1. The predicted octanol–water partition coefficient (Wildman–Crippen LogP) is 2.60. The number of carbonyl (C=O) groups is 1. The van der Waals surface area contributed by atoms with Crippen LogP contribution in [0.3, 0.4) is 0 Å². The predicted molar refractivity (Wildman–Crippen MR) is 81.1 cm³/mol. The summed E-state index contributed by atoms with van der Waals surface area (Å²) in [6, 6.07) is 18.4. The Morgan fingerprint density at radius 1 is 0.900 bits per heavy atom. The number of nitrogens with zero attached hydrogens (tertiary/aromatic N) is 1. The Bertz CT molecular complexity index is 706. The van der Waals surface area contributed by atoms with Crippen LogP contribution in [0.25, 0.3) is 10.9 Å². The Kier molecular flexibility index (Phi) is 4.29. The molecule has 1 aromatic heterocycles. The highest BCUT2D eigenvalue weighted by atomic mass is 16.1. The highest BCUT2D eigenvalue weighted by Gasteiger charge is 1.94. The van der Waals surface area contributed by atoms with E-state index in [1.807, 2.05) is 36.4 Å². The molecule has 0 aliphatic heterocycles. The number of fused-ring (bicyclic) bond motifs is 1. The Morgan fingerprint density at radius 3 is 2.20 bits per heavy atom. The number of amides is 1. The van der Waals surface area contributed by atoms with Crippen molar-refractivity contribution in [2.24, 2.45) is 5.73 Å². The molecule has 2 aromatic carbocycles. The number of nitrogen functional groups attached to an aromatic ring is 1. The van der Waals surface area contributed by atoms with Gasteiger partial charge < -0.3 is 11.5 Å². The lowest BCUT2D eigenvalue weighted by molar-refractivity contribution is 0.100. The normalized spacial score (nSPS) is 9.60. The van der Waals surface area contributed by atoms with Crippen LogP contribution in [0.5, 0.6) is 0 Å². The molecular weight excluding hydrogens is 250 g/mol. The van der Waals surface area contributed by atoms with E-state index >= 15 is 0 Å². The van der Waals surface area contributed by atoms with E-state index in [0.717, 1.165) is 16.6 Å². The van der Waals surface area contributed by atoms with Gasteiger partial charge in [-0.15, -0.1) is 0 Å². The van der Waals surface area contributed by atoms with Crippen LogP contribution in [0.2, 0.25) is 0 Å². The molecule has 0 aliphatic rings. The van der Waals surface area contributed by atoms with E-state index in [1.165, 1.54) is 0 Å². The van der Waals surface area contributed by atoms with E-state index < -0.39 is 0 Å². The van der Waals surface area contributed by atoms with Gasteiger partial charge in [0.2, 0.25) is 5.91 Å². The lowest BCUT2D eigenvalue weighted by Crippen LogP contribution is -2.09. The first-order valence-corrected chi connectivity index (χ1v) is 6.12. The monoisotopic (exact) mass is 265 g/mol. The molecule has 1 amide bonds. The summed E-state index contributed by atoms with van der Waals surface area (Å²) in [6.07, 6.45) is 1.75. The van der Waals surface area contributed by atoms with Gasteiger partial charge in [0.1, 0.15) is 0 Å². The van der Waals surface area contributed by atoms with Crippen LogP contribution in [0, 0.1) is 0 Å². The maximum absolute atomic E-state index is 10.4. The molecule has 4 heteroatoms. The number of carbonyl (C=O) groups excluding carboxylic acids is 1. The summed E-state index contributed by atoms with van der Waals surface area (Å²) >= 11 is 0. The van der Waals surface area contributed by atoms with Gasteiger partial charge in [-0.05, 0) is 24.3 Å². The highest BCUT2D eigenvalue weighted by Crippen LogP contribution is 2.16. The van der Waals surface area contributed by atoms with Crippen LogP contribution in [0.4, 0.5) is 5.69 Å². The lowest BCUT2D eigenvalue weighted by atomic mass is 10.2. The van der Waals surface area contributed by atoms with Gasteiger partial charge >= 0.3 is 0 Å². The SMILES string of the molecule is NC(=O)c1ccccc1.Nc1cccc2cccnc12. The van der Waals surface area contributed by atoms with Gasteiger partial charge in [-0.3, -0.25) is 9.78 Å². The van der Waals surface area contributed by atoms with E-state index in [4.69, 9.17) is 11.5 Å². The minimum absolute atomic E-state index is 0.379. The van der Waals surface area contributed by atoms with Gasteiger partial charge in [0.15, 0.2) is 0 Å². The van der Waals surface area contributed by atoms with E-state index in [9.17, 15) is 4.79 Å². The molecule has 0 spiro atoms. The second-order valence-electron chi connectivity index (χ2n) is 4.15. The molecule has 3 aromatic rings. The first-order valence-electron chi connectivity index (χ1n) is 6.12. The molecule has 1 heterocycles. The van der Waals surface area contributed by atoms with Gasteiger partial charge in [-0.2, -0.15) is 0 Å². The highest BCUT2D eigenvalue weighted by molar-refractivity contribution is 5.92. The number of para-hydroxylation sites is 1. The Morgan fingerprint density at radius 2 is 1.60 bits per heavy atom. The number of benzene rings is 2. The Hall–Kier alpha value is -2.88. The minimum atomic E-state index is -0.379. The molecule has 4 N–H and O–H groups in total. The van der Waals surface area contributed by atoms with E-state index in [2.05, 4.69) is 4.98 Å². The fraction of sp³-hybridized carbons (Fsp3) is 0. The molecule has 0 fully saturated rings. The Balaban J connectivity index is 0.000000151. The summed E-state index contributed by atoms with van der Waals surface area (Å²) in [5, 5.41) is 1.09. The zero-order chi connectivity index (χ0) is 14.4. The summed E-state index contributed by atoms with van der Waals surface area (Å²) in [5.74, 6) is -0.379. The van der Waals surface area contributed by atoms with Crippen molar-refractivity contribution in [2.45, 2.75) is 0 Å². The van der Waals surface area contributed by atoms with Gasteiger partial charge in [0, 0.05) is 17.1 Å². The second-order valence-corrected chi connectivity index (χ2v) is 4.15. The van der Waals surface area contributed by atoms with Crippen molar-refractivity contribution in [3.8, 4) is 0 Å². The average Bonchev–Trinajstić information content (AvgIpc) is 2.49. The summed E-state index contributed by atoms with van der Waals surface area (Å²) in [7, 11) is 0. The van der Waals surface area contributed by atoms with E-state index in [1.54, 1.807) is 30.5 Å². The molecule has 0 saturated carbocycles. The van der Waals surface area contributed by atoms with Crippen molar-refractivity contribution in [3.05, 3.63) is 72.4 Å². The maximum Gasteiger partial charge on any atom is 0.248 e. The van der Waals surface area contributed by atoms with Crippen LogP contribution < -0.4 is 11.5 Å². The van der Waals surface area contributed by atoms with Gasteiger partial charge in [-0.25, -0.2) is 0 Å². The summed E-state index contributed by atoms with van der Waals surface area (Å²) in [4.78, 5) is 14.6. The zero-order valence-corrected chi connectivity index (χ0v) is 10.9. The molecule has 4 nitrogen and oxygen atoms in total. The fourth-order valence-electron chi connectivity index (χ4n) is 1.73. The number of hydrogen-bond donors (Lipinski definition) is 2. The van der Waals surface area contributed by atoms with Crippen LogP contribution >= 0.6 is 0 Å². The molecule has 20 heavy (non-hydrogen) atoms. The lowest BCUT2D eigenvalue weighted by Gasteiger charge is -1.97. The summed E-state index contributed by atoms with van der Waals surface area (Å²) in [5.41, 5.74) is 12.8. The standard InChI is InChI=1S/C9H8N2.C7H7NO/c10-8-5-1-3-7-4-2-6-11-9(7)8;8-7(9)6-4-2-1-3-5-6/h1-6H,10H2;1-5H,(H2,8,9). The minimum Gasteiger partial charge on any atom is -0.397 e. The third kappa shape index (κ3) is 3.32. The molecule has 0 bridgehead atoms. The van der Waals surface area contributed by atoms with Gasteiger partial charge in [0.25, 0.3) is 0 Å². The number of rotatable bonds is 1. The van der Waals surface area contributed by atoms with Crippen LogP contribution in [0.15, 0.2) is 66.9 Å². The zero-order valence-electron chi connectivity index (χ0n) is 10.9. The van der Waals surface area contributed by atoms with E-state index in [0.29, 0.717) is 5.56 Å². The molecule has 0 saturated heterocycles. The number of pyridine rings is 1. The van der Waals surface area contributed by atoms with Crippen molar-refractivity contribution in [1.82, 2.24) is 4.98 Å². The van der Waals surface area contributed by atoms with Crippen molar-refractivity contribution in [2.75, 3.05) is 5.73 Å². The van der Waals surface area contributed by atoms with E-state index in [-0.39, 0.29) is 5.91 Å². The largest absolute Gasteiger partial charge is 0.397 e. The van der Waals surface area contributed by atoms with Gasteiger partial charge in [-0.1, -0.05) is 36.4 Å². The number of anilines is 1. The molecule has 0 aliphatic carbocycles. The first-order chi connectivity index (χ1) is 9.68. The number of hydrogen-bond acceptors (Lipinski definition) is 3. The average molecular weight is 265 g/mol. The second kappa shape index (κ2) is 6.33. The smallest absolute Gasteiger partial charge is 0.248 e. The Labute approximate surface area is 117 Å². The van der Waals surface area contributed by atoms with Crippen molar-refractivity contribution in [1.29, 1.82) is 0 Å². The van der Waals surface area contributed by atoms with Crippen LogP contribution in [-0.4, -0.2) is 10.9 Å². The summed E-state index contributed by atoms with van der Waals surface area (Å²) in [6.45, 7) is 0. The van der Waals surface area contributed by atoms with Crippen LogP contribution in [-0.2, 0) is 0 Å². The third-order valence-electron chi connectivity index (χ3n) is 2.72. The number of aromatic nitrogens is 1. The first kappa shape index (κ1) is 13.5. The third-order valence-corrected chi connectivity index (χ3v) is 2.72. The maximum atomic E-state index is 10.4. The van der Waals surface area contributed by atoms with Crippen molar-refractivity contribution in [3.63, 3.8) is 0 Å². The fourth-order valence-corrected chi connectivity index (χ4v) is 1.73. The quantitative estimate of drug-likeness (QED) is 0.663. The molecule has 0 radical (unpaired) electrons. The van der Waals surface area contributed by atoms with Crippen molar-refractivity contribution >= 4 is 22.5 Å². The molecular formula is C16H15N3O. The van der Waals surface area contributed by atoms with Gasteiger partial charge in [0.05, 0.1) is 11.2 Å². The van der Waals surface area contributed by atoms with Crippen molar-refractivity contribution < 1.29 is 4.79 Å². The number of nitrogens with two attached hydrogens (primary N) is 2.